The third-order valence-corrected chi connectivity index (χ3v) is 7.66. The molecular formula is C16H17NO7S3. The highest BCUT2D eigenvalue weighted by molar-refractivity contribution is 7.94. The lowest BCUT2D eigenvalue weighted by Gasteiger charge is -2.09. The van der Waals surface area contributed by atoms with Gasteiger partial charge >= 0.3 is 11.9 Å². The molecule has 0 aliphatic heterocycles. The molecule has 0 amide bonds. The number of carbonyl (C=O) groups is 2. The normalized spacial score (nSPS) is 12.3. The van der Waals surface area contributed by atoms with Crippen LogP contribution in [0.15, 0.2) is 33.4 Å². The molecule has 1 N–H and O–H groups in total. The van der Waals surface area contributed by atoms with E-state index in [1.165, 1.54) is 37.4 Å². The molecular weight excluding hydrogens is 414 g/mol. The molecule has 2 rings (SSSR count). The van der Waals surface area contributed by atoms with E-state index in [4.69, 9.17) is 0 Å². The van der Waals surface area contributed by atoms with Gasteiger partial charge in [0.15, 0.2) is 4.21 Å². The Bertz CT molecular complexity index is 1010. The van der Waals surface area contributed by atoms with Crippen molar-refractivity contribution in [3.8, 4) is 0 Å². The van der Waals surface area contributed by atoms with Crippen LogP contribution in [0, 0.1) is 6.92 Å². The summed E-state index contributed by atoms with van der Waals surface area (Å²) in [6.45, 7) is 1.44. The highest BCUT2D eigenvalue weighted by atomic mass is 32.2. The minimum absolute atomic E-state index is 0.00463. The van der Waals surface area contributed by atoms with E-state index in [9.17, 15) is 22.2 Å². The second-order valence-electron chi connectivity index (χ2n) is 5.29. The number of nitrogens with one attached hydrogen (secondary N) is 1. The number of hydrogen-bond acceptors (Lipinski definition) is 8. The smallest absolute Gasteiger partial charge is 0.348 e. The van der Waals surface area contributed by atoms with Crippen molar-refractivity contribution in [2.75, 3.05) is 25.2 Å². The zero-order valence-corrected chi connectivity index (χ0v) is 17.3. The van der Waals surface area contributed by atoms with Gasteiger partial charge in [-0.05, 0) is 36.8 Å². The van der Waals surface area contributed by atoms with Crippen LogP contribution < -0.4 is 4.72 Å². The van der Waals surface area contributed by atoms with Gasteiger partial charge in [0.2, 0.25) is 0 Å². The Morgan fingerprint density at radius 3 is 2.11 bits per heavy atom. The van der Waals surface area contributed by atoms with Gasteiger partial charge in [-0.3, -0.25) is 8.93 Å². The van der Waals surface area contributed by atoms with Crippen molar-refractivity contribution >= 4 is 49.8 Å². The van der Waals surface area contributed by atoms with E-state index < -0.39 is 32.8 Å². The molecule has 1 heterocycles. The Balaban J connectivity index is 2.52. The predicted molar refractivity (Wildman–Crippen MR) is 101 cm³/mol. The zero-order chi connectivity index (χ0) is 20.4. The fraction of sp³-hybridized carbons (Fsp3) is 0.250. The Morgan fingerprint density at radius 1 is 1.07 bits per heavy atom. The van der Waals surface area contributed by atoms with E-state index in [1.54, 1.807) is 0 Å². The third-order valence-electron chi connectivity index (χ3n) is 3.56. The molecule has 0 radical (unpaired) electrons. The number of ether oxygens (including phenoxy) is 2. The number of benzene rings is 1. The minimum atomic E-state index is -4.19. The minimum Gasteiger partial charge on any atom is -0.465 e. The fourth-order valence-electron chi connectivity index (χ4n) is 2.22. The molecule has 0 aliphatic rings. The number of anilines is 1. The highest BCUT2D eigenvalue weighted by Crippen LogP contribution is 2.34. The van der Waals surface area contributed by atoms with Crippen LogP contribution in [-0.4, -0.2) is 45.0 Å². The van der Waals surface area contributed by atoms with Crippen molar-refractivity contribution in [3.63, 3.8) is 0 Å². The molecule has 2 aromatic rings. The van der Waals surface area contributed by atoms with Crippen LogP contribution in [0.5, 0.6) is 0 Å². The molecule has 0 spiro atoms. The van der Waals surface area contributed by atoms with Crippen molar-refractivity contribution < 1.29 is 31.7 Å². The summed E-state index contributed by atoms with van der Waals surface area (Å²) in [5.74, 6) is -1.63. The van der Waals surface area contributed by atoms with E-state index in [2.05, 4.69) is 14.2 Å². The van der Waals surface area contributed by atoms with Gasteiger partial charge in [0.1, 0.15) is 4.88 Å². The average molecular weight is 432 g/mol. The van der Waals surface area contributed by atoms with Gasteiger partial charge in [-0.15, -0.1) is 11.3 Å². The molecule has 146 valence electrons. The van der Waals surface area contributed by atoms with Crippen molar-refractivity contribution in [2.24, 2.45) is 0 Å². The number of esters is 2. The highest BCUT2D eigenvalue weighted by Gasteiger charge is 2.32. The summed E-state index contributed by atoms with van der Waals surface area (Å²) >= 11 is 0.622. The second-order valence-corrected chi connectivity index (χ2v) is 9.56. The largest absolute Gasteiger partial charge is 0.465 e. The maximum Gasteiger partial charge on any atom is 0.348 e. The van der Waals surface area contributed by atoms with Gasteiger partial charge in [0, 0.05) is 27.6 Å². The summed E-state index contributed by atoms with van der Waals surface area (Å²) in [5.41, 5.74) is 0.156. The maximum atomic E-state index is 12.8. The van der Waals surface area contributed by atoms with E-state index in [1.807, 2.05) is 0 Å². The Kier molecular flexibility index (Phi) is 6.39. The first-order valence-electron chi connectivity index (χ1n) is 7.38. The van der Waals surface area contributed by atoms with Crippen LogP contribution in [0.2, 0.25) is 0 Å². The summed E-state index contributed by atoms with van der Waals surface area (Å²) in [7, 11) is -3.12. The van der Waals surface area contributed by atoms with E-state index in [-0.39, 0.29) is 25.9 Å². The molecule has 1 aromatic carbocycles. The Morgan fingerprint density at radius 2 is 1.63 bits per heavy atom. The summed E-state index contributed by atoms with van der Waals surface area (Å²) in [6, 6.07) is 5.95. The van der Waals surface area contributed by atoms with E-state index >= 15 is 0 Å². The van der Waals surface area contributed by atoms with Crippen molar-refractivity contribution in [3.05, 3.63) is 40.3 Å². The standard InChI is InChI=1S/C16H17NO7S3/c1-9-12(14(18)23-2)16(25-13(9)15(19)24-3)27(21,22)17-10-5-7-11(8-6-10)26(4)20/h5-8,17H,1-4H3. The average Bonchev–Trinajstić information content (AvgIpc) is 2.98. The van der Waals surface area contributed by atoms with E-state index in [0.29, 0.717) is 16.2 Å². The van der Waals surface area contributed by atoms with Crippen LogP contribution in [0.4, 0.5) is 5.69 Å². The van der Waals surface area contributed by atoms with Crippen molar-refractivity contribution in [1.82, 2.24) is 0 Å². The fourth-order valence-corrected chi connectivity index (χ4v) is 5.54. The molecule has 0 saturated carbocycles. The molecule has 1 aromatic heterocycles. The molecule has 0 fully saturated rings. The SMILES string of the molecule is COC(=O)c1sc(S(=O)(=O)Nc2ccc(S(C)=O)cc2)c(C(=O)OC)c1C. The van der Waals surface area contributed by atoms with Crippen LogP contribution >= 0.6 is 11.3 Å². The molecule has 0 aliphatic carbocycles. The number of rotatable bonds is 6. The lowest BCUT2D eigenvalue weighted by Crippen LogP contribution is -2.16. The molecule has 1 unspecified atom stereocenters. The maximum absolute atomic E-state index is 12.8. The van der Waals surface area contributed by atoms with Crippen LogP contribution in [0.3, 0.4) is 0 Å². The summed E-state index contributed by atoms with van der Waals surface area (Å²) < 4.78 is 48.4. The van der Waals surface area contributed by atoms with Crippen LogP contribution in [-0.2, 0) is 30.3 Å². The first-order chi connectivity index (χ1) is 12.6. The Labute approximate surface area is 163 Å². The molecule has 27 heavy (non-hydrogen) atoms. The Hall–Kier alpha value is -2.24. The topological polar surface area (TPSA) is 116 Å². The molecule has 11 heteroatoms. The number of carbonyl (C=O) groups excluding carboxylic acids is 2. The molecule has 1 atom stereocenters. The molecule has 0 saturated heterocycles. The number of hydrogen-bond donors (Lipinski definition) is 1. The zero-order valence-electron chi connectivity index (χ0n) is 14.9. The number of thiophene rings is 1. The number of sulfonamides is 1. The number of methoxy groups -OCH3 is 2. The van der Waals surface area contributed by atoms with Gasteiger partial charge in [0.25, 0.3) is 10.0 Å². The monoisotopic (exact) mass is 431 g/mol. The van der Waals surface area contributed by atoms with Crippen LogP contribution in [0.1, 0.15) is 25.6 Å². The van der Waals surface area contributed by atoms with Crippen molar-refractivity contribution in [2.45, 2.75) is 16.0 Å². The summed E-state index contributed by atoms with van der Waals surface area (Å²) in [6.07, 6.45) is 1.50. The lowest BCUT2D eigenvalue weighted by atomic mass is 10.2. The first kappa shape index (κ1) is 21.1. The summed E-state index contributed by atoms with van der Waals surface area (Å²) in [4.78, 5) is 24.5. The second kappa shape index (κ2) is 8.19. The van der Waals surface area contributed by atoms with Crippen molar-refractivity contribution in [1.29, 1.82) is 0 Å². The quantitative estimate of drug-likeness (QED) is 0.697. The van der Waals surface area contributed by atoms with Gasteiger partial charge in [0.05, 0.1) is 19.8 Å². The first-order valence-corrected chi connectivity index (χ1v) is 11.2. The van der Waals surface area contributed by atoms with Gasteiger partial charge in [-0.2, -0.15) is 0 Å². The lowest BCUT2D eigenvalue weighted by molar-refractivity contribution is 0.0596. The molecule has 0 bridgehead atoms. The van der Waals surface area contributed by atoms with Gasteiger partial charge in [-0.1, -0.05) is 0 Å². The van der Waals surface area contributed by atoms with Gasteiger partial charge < -0.3 is 9.47 Å². The third kappa shape index (κ3) is 4.37. The van der Waals surface area contributed by atoms with Crippen LogP contribution in [0.25, 0.3) is 0 Å². The van der Waals surface area contributed by atoms with Gasteiger partial charge in [-0.25, -0.2) is 18.0 Å². The predicted octanol–water partition coefficient (Wildman–Crippen LogP) is 2.17. The van der Waals surface area contributed by atoms with E-state index in [0.717, 1.165) is 14.2 Å². The molecule has 8 nitrogen and oxygen atoms in total. The summed E-state index contributed by atoms with van der Waals surface area (Å²) in [5, 5.41) is 0.